The van der Waals surface area contributed by atoms with Gasteiger partial charge >= 0.3 is 5.97 Å². The molecule has 2 N–H and O–H groups in total. The van der Waals surface area contributed by atoms with Gasteiger partial charge < -0.3 is 10.4 Å². The van der Waals surface area contributed by atoms with E-state index in [1.165, 1.54) is 18.3 Å². The lowest BCUT2D eigenvalue weighted by Crippen LogP contribution is -2.26. The number of carboxylic acid groups (broad SMARTS) is 1. The van der Waals surface area contributed by atoms with Gasteiger partial charge in [-0.15, -0.1) is 5.10 Å². The summed E-state index contributed by atoms with van der Waals surface area (Å²) >= 11 is 1.01. The number of thioether (sulfide) groups is 1. The average molecular weight is 295 g/mol. The minimum atomic E-state index is -1.05. The Morgan fingerprint density at radius 1 is 1.55 bits per heavy atom. The normalized spacial score (nSPS) is 20.6. The van der Waals surface area contributed by atoms with Crippen LogP contribution in [0.2, 0.25) is 0 Å². The number of nitrogens with zero attached hydrogens (tertiary/aromatic N) is 2. The number of halogens is 1. The van der Waals surface area contributed by atoms with Crippen LogP contribution in [0.25, 0.3) is 0 Å². The maximum Gasteiger partial charge on any atom is 0.305 e. The lowest BCUT2D eigenvalue weighted by Gasteiger charge is -1.97. The molecule has 1 aliphatic heterocycles. The van der Waals surface area contributed by atoms with Crippen molar-refractivity contribution >= 4 is 35.0 Å². The maximum atomic E-state index is 12.9. The summed E-state index contributed by atoms with van der Waals surface area (Å²) in [5.74, 6) is -1.84. The molecule has 6 nitrogen and oxygen atoms in total. The average Bonchev–Trinajstić information content (AvgIpc) is 2.69. The zero-order valence-electron chi connectivity index (χ0n) is 10.1. The minimum Gasteiger partial charge on any atom is -0.481 e. The van der Waals surface area contributed by atoms with Gasteiger partial charge in [0.15, 0.2) is 5.17 Å². The van der Waals surface area contributed by atoms with E-state index in [0.717, 1.165) is 11.8 Å². The Hall–Kier alpha value is -2.22. The zero-order chi connectivity index (χ0) is 14.5. The first kappa shape index (κ1) is 14.2. The largest absolute Gasteiger partial charge is 0.481 e. The molecule has 1 atom stereocenters. The molecule has 20 heavy (non-hydrogen) atoms. The molecule has 0 aliphatic carbocycles. The number of carbonyl (C=O) groups is 2. The molecule has 0 spiro atoms. The van der Waals surface area contributed by atoms with Crippen LogP contribution in [-0.2, 0) is 9.59 Å². The van der Waals surface area contributed by atoms with Crippen molar-refractivity contribution < 1.29 is 19.1 Å². The molecule has 1 heterocycles. The highest BCUT2D eigenvalue weighted by molar-refractivity contribution is 8.15. The highest BCUT2D eigenvalue weighted by Gasteiger charge is 2.32. The highest BCUT2D eigenvalue weighted by Crippen LogP contribution is 2.22. The second kappa shape index (κ2) is 6.29. The van der Waals surface area contributed by atoms with E-state index in [2.05, 4.69) is 15.5 Å². The number of aliphatic carboxylic acids is 1. The lowest BCUT2D eigenvalue weighted by molar-refractivity contribution is -0.138. The van der Waals surface area contributed by atoms with Gasteiger partial charge in [-0.05, 0) is 17.7 Å². The van der Waals surface area contributed by atoms with Crippen LogP contribution in [0.3, 0.4) is 0 Å². The quantitative estimate of drug-likeness (QED) is 0.645. The molecule has 0 radical (unpaired) electrons. The number of hydrogen-bond acceptors (Lipinski definition) is 5. The molecule has 0 aromatic heterocycles. The van der Waals surface area contributed by atoms with Gasteiger partial charge in [0, 0.05) is 0 Å². The van der Waals surface area contributed by atoms with E-state index in [1.807, 2.05) is 0 Å². The van der Waals surface area contributed by atoms with Gasteiger partial charge in [-0.25, -0.2) is 4.39 Å². The number of rotatable bonds is 4. The van der Waals surface area contributed by atoms with E-state index in [-0.39, 0.29) is 17.4 Å². The topological polar surface area (TPSA) is 91.1 Å². The summed E-state index contributed by atoms with van der Waals surface area (Å²) in [6.07, 6.45) is 1.07. The SMILES string of the molecule is O=C(O)C[C@H]1S/C(=N\N=C/c2cccc(F)c2)NC1=O. The molecule has 0 bridgehead atoms. The molecule has 1 aromatic rings. The number of carbonyl (C=O) groups excluding carboxylic acids is 1. The fourth-order valence-electron chi connectivity index (χ4n) is 1.48. The summed E-state index contributed by atoms with van der Waals surface area (Å²) < 4.78 is 12.9. The van der Waals surface area contributed by atoms with Gasteiger partial charge in [-0.3, -0.25) is 9.59 Å². The van der Waals surface area contributed by atoms with Gasteiger partial charge in [0.05, 0.1) is 12.6 Å². The van der Waals surface area contributed by atoms with Gasteiger partial charge in [0.25, 0.3) is 0 Å². The summed E-state index contributed by atoms with van der Waals surface area (Å²) in [5.41, 5.74) is 0.533. The first-order valence-electron chi connectivity index (χ1n) is 5.60. The van der Waals surface area contributed by atoms with Crippen LogP contribution in [-0.4, -0.2) is 33.6 Å². The van der Waals surface area contributed by atoms with Gasteiger partial charge in [-0.1, -0.05) is 23.9 Å². The third-order valence-corrected chi connectivity index (χ3v) is 3.41. The molecule has 1 fully saturated rings. The van der Waals surface area contributed by atoms with Crippen molar-refractivity contribution in [2.45, 2.75) is 11.7 Å². The Morgan fingerprint density at radius 2 is 2.35 bits per heavy atom. The number of nitrogens with one attached hydrogen (secondary N) is 1. The number of hydrogen-bond donors (Lipinski definition) is 2. The van der Waals surface area contributed by atoms with Crippen molar-refractivity contribution in [2.24, 2.45) is 10.2 Å². The summed E-state index contributed by atoms with van der Waals surface area (Å²) in [5, 5.41) is 18.1. The monoisotopic (exact) mass is 295 g/mol. The second-order valence-corrected chi connectivity index (χ2v) is 5.09. The van der Waals surface area contributed by atoms with Crippen LogP contribution in [0.5, 0.6) is 0 Å². The second-order valence-electron chi connectivity index (χ2n) is 3.90. The molecule has 104 valence electrons. The fourth-order valence-corrected chi connectivity index (χ4v) is 2.40. The Morgan fingerprint density at radius 3 is 3.05 bits per heavy atom. The van der Waals surface area contributed by atoms with E-state index in [9.17, 15) is 14.0 Å². The summed E-state index contributed by atoms with van der Waals surface area (Å²) in [6.45, 7) is 0. The predicted octanol–water partition coefficient (Wildman–Crippen LogP) is 1.22. The molecule has 0 unspecified atom stereocenters. The van der Waals surface area contributed by atoms with Crippen LogP contribution < -0.4 is 5.32 Å². The lowest BCUT2D eigenvalue weighted by atomic mass is 10.2. The molecule has 1 saturated heterocycles. The Balaban J connectivity index is 1.99. The maximum absolute atomic E-state index is 12.9. The molecule has 8 heteroatoms. The van der Waals surface area contributed by atoms with Gasteiger partial charge in [0.1, 0.15) is 11.1 Å². The third kappa shape index (κ3) is 3.89. The first-order valence-corrected chi connectivity index (χ1v) is 6.48. The standard InChI is InChI=1S/C12H10FN3O3S/c13-8-3-1-2-7(4-8)6-14-16-12-15-11(19)9(20-12)5-10(17)18/h1-4,6,9H,5H2,(H,17,18)(H,15,16,19)/b14-6-/t9-/m1/s1. The van der Waals surface area contributed by atoms with Crippen LogP contribution in [0, 0.1) is 5.82 Å². The van der Waals surface area contributed by atoms with Crippen molar-refractivity contribution in [2.75, 3.05) is 0 Å². The fraction of sp³-hybridized carbons (Fsp3) is 0.167. The van der Waals surface area contributed by atoms with Crippen molar-refractivity contribution in [1.82, 2.24) is 5.32 Å². The van der Waals surface area contributed by atoms with Crippen molar-refractivity contribution in [1.29, 1.82) is 0 Å². The van der Waals surface area contributed by atoms with Crippen molar-refractivity contribution in [3.8, 4) is 0 Å². The van der Waals surface area contributed by atoms with Crippen molar-refractivity contribution in [3.63, 3.8) is 0 Å². The molecule has 1 aliphatic rings. The van der Waals surface area contributed by atoms with Crippen LogP contribution in [0.4, 0.5) is 4.39 Å². The van der Waals surface area contributed by atoms with E-state index in [1.54, 1.807) is 12.1 Å². The Kier molecular flexibility index (Phi) is 4.46. The molecular formula is C12H10FN3O3S. The molecule has 2 rings (SSSR count). The smallest absolute Gasteiger partial charge is 0.305 e. The molecule has 0 saturated carbocycles. The Bertz CT molecular complexity index is 603. The first-order chi connectivity index (χ1) is 9.54. The highest BCUT2D eigenvalue weighted by atomic mass is 32.2. The zero-order valence-corrected chi connectivity index (χ0v) is 10.9. The van der Waals surface area contributed by atoms with E-state index in [4.69, 9.17) is 5.11 Å². The van der Waals surface area contributed by atoms with Crippen LogP contribution >= 0.6 is 11.8 Å². The molecular weight excluding hydrogens is 285 g/mol. The minimum absolute atomic E-state index is 0.230. The van der Waals surface area contributed by atoms with E-state index >= 15 is 0 Å². The van der Waals surface area contributed by atoms with Gasteiger partial charge in [-0.2, -0.15) is 5.10 Å². The van der Waals surface area contributed by atoms with E-state index < -0.39 is 17.1 Å². The molecule has 1 amide bonds. The number of benzene rings is 1. The number of carboxylic acids is 1. The van der Waals surface area contributed by atoms with Crippen LogP contribution in [0.15, 0.2) is 34.5 Å². The number of amides is 1. The summed E-state index contributed by atoms with van der Waals surface area (Å²) in [7, 11) is 0. The Labute approximate surface area is 117 Å². The van der Waals surface area contributed by atoms with Crippen LogP contribution in [0.1, 0.15) is 12.0 Å². The van der Waals surface area contributed by atoms with E-state index in [0.29, 0.717) is 5.56 Å². The summed E-state index contributed by atoms with van der Waals surface area (Å²) in [6, 6.07) is 5.79. The van der Waals surface area contributed by atoms with Crippen molar-refractivity contribution in [3.05, 3.63) is 35.6 Å². The molecule has 1 aromatic carbocycles. The predicted molar refractivity (Wildman–Crippen MR) is 73.2 cm³/mol. The summed E-state index contributed by atoms with van der Waals surface area (Å²) in [4.78, 5) is 22.0. The third-order valence-electron chi connectivity index (χ3n) is 2.34. The van der Waals surface area contributed by atoms with Gasteiger partial charge in [0.2, 0.25) is 5.91 Å². The number of amidine groups is 1.